The molecule has 98 valence electrons. The number of hydrogen-bond donors (Lipinski definition) is 2. The van der Waals surface area contributed by atoms with Gasteiger partial charge in [-0.1, -0.05) is 6.07 Å². The summed E-state index contributed by atoms with van der Waals surface area (Å²) < 4.78 is 11.3. The van der Waals surface area contributed by atoms with Crippen LogP contribution in [0.5, 0.6) is 11.5 Å². The van der Waals surface area contributed by atoms with Crippen LogP contribution in [0, 0.1) is 0 Å². The van der Waals surface area contributed by atoms with E-state index >= 15 is 0 Å². The fourth-order valence-electron chi connectivity index (χ4n) is 1.96. The van der Waals surface area contributed by atoms with Gasteiger partial charge in [-0.25, -0.2) is 4.79 Å². The van der Waals surface area contributed by atoms with Gasteiger partial charge in [0.25, 0.3) is 0 Å². The highest BCUT2D eigenvalue weighted by atomic mass is 16.5. The third-order valence-electron chi connectivity index (χ3n) is 2.86. The molecular formula is C13H12N2O4. The maximum atomic E-state index is 10.9. The molecule has 1 aromatic carbocycles. The fraction of sp³-hybridized carbons (Fsp3) is 0.231. The molecule has 0 aliphatic carbocycles. The molecule has 0 spiro atoms. The molecule has 19 heavy (non-hydrogen) atoms. The van der Waals surface area contributed by atoms with E-state index < -0.39 is 5.97 Å². The number of carboxylic acid groups (broad SMARTS) is 1. The molecule has 2 N–H and O–H groups in total. The topological polar surface area (TPSA) is 84.4 Å². The number of hydrogen-bond acceptors (Lipinski definition) is 4. The number of H-pyrrole nitrogens is 1. The van der Waals surface area contributed by atoms with Crippen LogP contribution < -0.4 is 9.47 Å². The maximum Gasteiger partial charge on any atom is 0.353 e. The minimum absolute atomic E-state index is 0.0437. The number of ether oxygens (including phenoxy) is 2. The minimum Gasteiger partial charge on any atom is -0.490 e. The lowest BCUT2D eigenvalue weighted by Gasteiger charge is -2.10. The number of nitrogens with one attached hydrogen (secondary N) is 1. The number of aromatic nitrogens is 2. The average molecular weight is 260 g/mol. The number of benzene rings is 1. The summed E-state index contributed by atoms with van der Waals surface area (Å²) in [5.74, 6) is 0.233. The van der Waals surface area contributed by atoms with E-state index in [9.17, 15) is 4.79 Å². The van der Waals surface area contributed by atoms with E-state index in [1.165, 1.54) is 6.07 Å². The minimum atomic E-state index is -1.04. The molecule has 0 amide bonds. The first kappa shape index (κ1) is 11.6. The summed E-state index contributed by atoms with van der Waals surface area (Å²) in [5.41, 5.74) is 1.30. The molecule has 6 heteroatoms. The Labute approximate surface area is 109 Å². The van der Waals surface area contributed by atoms with E-state index in [1.54, 1.807) is 0 Å². The number of para-hydroxylation sites is 1. The van der Waals surface area contributed by atoms with Gasteiger partial charge >= 0.3 is 5.97 Å². The van der Waals surface area contributed by atoms with Crippen molar-refractivity contribution in [2.24, 2.45) is 0 Å². The quantitative estimate of drug-likeness (QED) is 0.861. The van der Waals surface area contributed by atoms with E-state index in [-0.39, 0.29) is 5.69 Å². The van der Waals surface area contributed by atoms with Crippen molar-refractivity contribution in [2.45, 2.75) is 6.42 Å². The highest BCUT2D eigenvalue weighted by molar-refractivity contribution is 5.87. The summed E-state index contributed by atoms with van der Waals surface area (Å²) in [6.07, 6.45) is 0.815. The van der Waals surface area contributed by atoms with Crippen LogP contribution in [-0.2, 0) is 0 Å². The number of aromatic amines is 1. The molecule has 2 aromatic rings. The lowest BCUT2D eigenvalue weighted by atomic mass is 10.1. The maximum absolute atomic E-state index is 10.9. The molecule has 0 saturated heterocycles. The second-order valence-corrected chi connectivity index (χ2v) is 4.16. The molecule has 3 rings (SSSR count). The Morgan fingerprint density at radius 3 is 2.95 bits per heavy atom. The van der Waals surface area contributed by atoms with Gasteiger partial charge in [0.15, 0.2) is 11.5 Å². The van der Waals surface area contributed by atoms with Crippen molar-refractivity contribution >= 4 is 5.97 Å². The Bertz CT molecular complexity index is 621. The van der Waals surface area contributed by atoms with E-state index in [0.717, 1.165) is 12.0 Å². The summed E-state index contributed by atoms with van der Waals surface area (Å²) in [5, 5.41) is 15.4. The molecule has 1 aliphatic heterocycles. The van der Waals surface area contributed by atoms with Gasteiger partial charge in [-0.2, -0.15) is 5.10 Å². The van der Waals surface area contributed by atoms with Gasteiger partial charge in [-0.05, 0) is 18.2 Å². The molecule has 6 nitrogen and oxygen atoms in total. The summed E-state index contributed by atoms with van der Waals surface area (Å²) in [6, 6.07) is 6.97. The van der Waals surface area contributed by atoms with E-state index in [0.29, 0.717) is 30.4 Å². The largest absolute Gasteiger partial charge is 0.490 e. The zero-order chi connectivity index (χ0) is 13.2. The van der Waals surface area contributed by atoms with Crippen LogP contribution in [0.3, 0.4) is 0 Å². The molecule has 0 radical (unpaired) electrons. The van der Waals surface area contributed by atoms with Crippen LogP contribution in [0.25, 0.3) is 11.3 Å². The summed E-state index contributed by atoms with van der Waals surface area (Å²) in [4.78, 5) is 10.9. The third kappa shape index (κ3) is 2.12. The van der Waals surface area contributed by atoms with Crippen LogP contribution in [0.2, 0.25) is 0 Å². The number of aromatic carboxylic acids is 1. The Hall–Kier alpha value is -2.50. The monoisotopic (exact) mass is 260 g/mol. The molecule has 1 aliphatic rings. The first-order valence-electron chi connectivity index (χ1n) is 5.93. The second-order valence-electron chi connectivity index (χ2n) is 4.16. The summed E-state index contributed by atoms with van der Waals surface area (Å²) in [6.45, 7) is 1.18. The highest BCUT2D eigenvalue weighted by Crippen LogP contribution is 2.38. The lowest BCUT2D eigenvalue weighted by Crippen LogP contribution is -1.98. The Morgan fingerprint density at radius 1 is 1.32 bits per heavy atom. The Morgan fingerprint density at radius 2 is 2.16 bits per heavy atom. The van der Waals surface area contributed by atoms with Crippen LogP contribution in [0.4, 0.5) is 0 Å². The molecule has 0 fully saturated rings. The molecule has 0 saturated carbocycles. The number of nitrogens with zero attached hydrogens (tertiary/aromatic N) is 1. The van der Waals surface area contributed by atoms with Crippen molar-refractivity contribution < 1.29 is 19.4 Å². The van der Waals surface area contributed by atoms with Crippen LogP contribution in [0.15, 0.2) is 24.3 Å². The highest BCUT2D eigenvalue weighted by Gasteiger charge is 2.18. The Balaban J connectivity index is 2.06. The number of fused-ring (bicyclic) bond motifs is 1. The fourth-order valence-corrected chi connectivity index (χ4v) is 1.96. The lowest BCUT2D eigenvalue weighted by molar-refractivity contribution is 0.0690. The predicted octanol–water partition coefficient (Wildman–Crippen LogP) is 1.94. The molecule has 0 bridgehead atoms. The van der Waals surface area contributed by atoms with E-state index in [4.69, 9.17) is 14.6 Å². The third-order valence-corrected chi connectivity index (χ3v) is 2.86. The smallest absolute Gasteiger partial charge is 0.353 e. The van der Waals surface area contributed by atoms with Gasteiger partial charge in [0.2, 0.25) is 0 Å². The van der Waals surface area contributed by atoms with Gasteiger partial charge in [0, 0.05) is 12.0 Å². The van der Waals surface area contributed by atoms with E-state index in [2.05, 4.69) is 10.2 Å². The zero-order valence-corrected chi connectivity index (χ0v) is 10.0. The number of rotatable bonds is 2. The standard InChI is InChI=1S/C13H12N2O4/c16-13(17)10-7-9(14-15-10)8-3-1-4-11-12(8)19-6-2-5-18-11/h1,3-4,7H,2,5-6H2,(H,14,15)(H,16,17). The van der Waals surface area contributed by atoms with Gasteiger partial charge in [-0.15, -0.1) is 0 Å². The van der Waals surface area contributed by atoms with E-state index in [1.807, 2.05) is 18.2 Å². The molecular weight excluding hydrogens is 248 g/mol. The zero-order valence-electron chi connectivity index (χ0n) is 10.0. The van der Waals surface area contributed by atoms with Gasteiger partial charge in [-0.3, -0.25) is 5.10 Å². The Kier molecular flexibility index (Phi) is 2.83. The molecule has 0 atom stereocenters. The van der Waals surface area contributed by atoms with Crippen molar-refractivity contribution in [3.63, 3.8) is 0 Å². The van der Waals surface area contributed by atoms with Crippen molar-refractivity contribution in [1.29, 1.82) is 0 Å². The first-order chi connectivity index (χ1) is 9.25. The summed E-state index contributed by atoms with van der Waals surface area (Å²) in [7, 11) is 0. The predicted molar refractivity (Wildman–Crippen MR) is 66.6 cm³/mol. The normalized spacial score (nSPS) is 13.9. The summed E-state index contributed by atoms with van der Waals surface area (Å²) >= 11 is 0. The van der Waals surface area contributed by atoms with Crippen LogP contribution in [0.1, 0.15) is 16.9 Å². The van der Waals surface area contributed by atoms with Crippen LogP contribution in [-0.4, -0.2) is 34.5 Å². The van der Waals surface area contributed by atoms with Gasteiger partial charge < -0.3 is 14.6 Å². The second kappa shape index (κ2) is 4.64. The van der Waals surface area contributed by atoms with Crippen LogP contribution >= 0.6 is 0 Å². The van der Waals surface area contributed by atoms with Crippen molar-refractivity contribution in [3.8, 4) is 22.8 Å². The molecule has 0 unspecified atom stereocenters. The molecule has 2 heterocycles. The first-order valence-corrected chi connectivity index (χ1v) is 5.93. The number of carbonyl (C=O) groups is 1. The van der Waals surface area contributed by atoms with Crippen molar-refractivity contribution in [2.75, 3.05) is 13.2 Å². The van der Waals surface area contributed by atoms with Crippen molar-refractivity contribution in [1.82, 2.24) is 10.2 Å². The SMILES string of the molecule is O=C(O)c1cc(-c2cccc3c2OCCCO3)n[nH]1. The average Bonchev–Trinajstić information content (AvgIpc) is 2.77. The van der Waals surface area contributed by atoms with Crippen molar-refractivity contribution in [3.05, 3.63) is 30.0 Å². The molecule has 1 aromatic heterocycles. The van der Waals surface area contributed by atoms with Gasteiger partial charge in [0.05, 0.1) is 18.9 Å². The van der Waals surface area contributed by atoms with Gasteiger partial charge in [0.1, 0.15) is 5.69 Å². The number of carboxylic acids is 1.